The summed E-state index contributed by atoms with van der Waals surface area (Å²) >= 11 is 2.84. The summed E-state index contributed by atoms with van der Waals surface area (Å²) in [5, 5.41) is 12.2. The van der Waals surface area contributed by atoms with E-state index in [1.165, 1.54) is 35.1 Å². The van der Waals surface area contributed by atoms with Gasteiger partial charge in [-0.3, -0.25) is 4.79 Å². The van der Waals surface area contributed by atoms with Gasteiger partial charge in [-0.15, -0.1) is 21.5 Å². The number of rotatable bonds is 6. The first-order chi connectivity index (χ1) is 13.0. The quantitative estimate of drug-likeness (QED) is 0.445. The molecule has 146 valence electrons. The Balaban J connectivity index is 1.73. The molecule has 1 N–H and O–H groups in total. The number of anilines is 1. The van der Waals surface area contributed by atoms with E-state index < -0.39 is 0 Å². The van der Waals surface area contributed by atoms with Gasteiger partial charge in [-0.2, -0.15) is 0 Å². The van der Waals surface area contributed by atoms with E-state index in [0.29, 0.717) is 15.7 Å². The molecular formula is C18H24N4O3S2. The Morgan fingerprint density at radius 1 is 1.33 bits per heavy atom. The number of methoxy groups -OCH3 is 1. The third kappa shape index (κ3) is 4.52. The van der Waals surface area contributed by atoms with Crippen LogP contribution in [0.5, 0.6) is 0 Å². The zero-order chi connectivity index (χ0) is 19.4. The summed E-state index contributed by atoms with van der Waals surface area (Å²) in [5.41, 5.74) is 1.58. The van der Waals surface area contributed by atoms with E-state index in [0.717, 1.165) is 37.7 Å². The summed E-state index contributed by atoms with van der Waals surface area (Å²) < 4.78 is 6.90. The number of carbonyl (C=O) groups excluding carboxylic acids is 2. The van der Waals surface area contributed by atoms with E-state index in [1.54, 1.807) is 6.33 Å². The Labute approximate surface area is 166 Å². The molecule has 0 aromatic carbocycles. The summed E-state index contributed by atoms with van der Waals surface area (Å²) in [7, 11) is 1.38. The third-order valence-corrected chi connectivity index (χ3v) is 6.66. The zero-order valence-electron chi connectivity index (χ0n) is 15.8. The number of hydrogen-bond donors (Lipinski definition) is 1. The van der Waals surface area contributed by atoms with Gasteiger partial charge in [0.25, 0.3) is 0 Å². The van der Waals surface area contributed by atoms with Crippen molar-refractivity contribution in [2.45, 2.75) is 57.1 Å². The van der Waals surface area contributed by atoms with Crippen molar-refractivity contribution in [1.29, 1.82) is 0 Å². The number of carbonyl (C=O) groups is 2. The van der Waals surface area contributed by atoms with E-state index in [1.807, 2.05) is 18.4 Å². The van der Waals surface area contributed by atoms with E-state index in [2.05, 4.69) is 15.5 Å². The maximum absolute atomic E-state index is 12.5. The van der Waals surface area contributed by atoms with Crippen molar-refractivity contribution in [3.8, 4) is 0 Å². The summed E-state index contributed by atoms with van der Waals surface area (Å²) in [6.45, 7) is 4.07. The van der Waals surface area contributed by atoms with Crippen molar-refractivity contribution >= 4 is 40.0 Å². The number of hydrogen-bond acceptors (Lipinski definition) is 7. The molecule has 1 amide bonds. The van der Waals surface area contributed by atoms with Gasteiger partial charge in [-0.25, -0.2) is 4.79 Å². The van der Waals surface area contributed by atoms with Gasteiger partial charge >= 0.3 is 5.97 Å². The molecule has 2 aromatic rings. The maximum atomic E-state index is 12.5. The number of nitrogens with one attached hydrogen (secondary N) is 1. The van der Waals surface area contributed by atoms with Gasteiger partial charge in [0.05, 0.1) is 18.4 Å². The Morgan fingerprint density at radius 3 is 2.85 bits per heavy atom. The molecule has 2 heterocycles. The molecular weight excluding hydrogens is 384 g/mol. The molecule has 0 atom stereocenters. The van der Waals surface area contributed by atoms with Gasteiger partial charge in [0.1, 0.15) is 11.3 Å². The van der Waals surface area contributed by atoms with Crippen LogP contribution in [0.4, 0.5) is 5.00 Å². The van der Waals surface area contributed by atoms with E-state index in [9.17, 15) is 9.59 Å². The number of ether oxygens (including phenoxy) is 1. The van der Waals surface area contributed by atoms with E-state index in [4.69, 9.17) is 4.74 Å². The number of aromatic nitrogens is 3. The predicted octanol–water partition coefficient (Wildman–Crippen LogP) is 3.71. The number of amides is 1. The molecule has 1 aliphatic rings. The van der Waals surface area contributed by atoms with E-state index in [-0.39, 0.29) is 23.7 Å². The highest BCUT2D eigenvalue weighted by atomic mass is 32.2. The molecule has 27 heavy (non-hydrogen) atoms. The Morgan fingerprint density at radius 2 is 2.11 bits per heavy atom. The average molecular weight is 409 g/mol. The van der Waals surface area contributed by atoms with Crippen LogP contribution in [-0.4, -0.2) is 39.5 Å². The average Bonchev–Trinajstić information content (AvgIpc) is 3.18. The lowest BCUT2D eigenvalue weighted by Gasteiger charge is -2.10. The van der Waals surface area contributed by atoms with Gasteiger partial charge in [0.2, 0.25) is 5.91 Å². The van der Waals surface area contributed by atoms with Crippen LogP contribution in [0.25, 0.3) is 0 Å². The third-order valence-electron chi connectivity index (χ3n) is 4.49. The van der Waals surface area contributed by atoms with E-state index >= 15 is 0 Å². The van der Waals surface area contributed by atoms with Crippen molar-refractivity contribution in [2.24, 2.45) is 0 Å². The number of aryl methyl sites for hydroxylation is 1. The minimum atomic E-state index is -0.378. The smallest absolute Gasteiger partial charge is 0.341 e. The standard InChI is InChI=1S/C18H24N4O3S2/c1-11(2)22-10-19-21-18(22)26-9-14(23)20-16-15(17(24)25-3)12-7-5-4-6-8-13(12)27-16/h10-11H,4-9H2,1-3H3,(H,20,23). The molecule has 9 heteroatoms. The topological polar surface area (TPSA) is 86.1 Å². The van der Waals surface area contributed by atoms with Crippen LogP contribution in [0.15, 0.2) is 11.5 Å². The first-order valence-electron chi connectivity index (χ1n) is 9.06. The van der Waals surface area contributed by atoms with Crippen LogP contribution in [0.2, 0.25) is 0 Å². The van der Waals surface area contributed by atoms with Crippen LogP contribution in [0, 0.1) is 0 Å². The van der Waals surface area contributed by atoms with Gasteiger partial charge in [-0.1, -0.05) is 18.2 Å². The zero-order valence-corrected chi connectivity index (χ0v) is 17.4. The first-order valence-corrected chi connectivity index (χ1v) is 10.9. The number of fused-ring (bicyclic) bond motifs is 1. The van der Waals surface area contributed by atoms with Crippen LogP contribution >= 0.6 is 23.1 Å². The Hall–Kier alpha value is -1.87. The highest BCUT2D eigenvalue weighted by Gasteiger charge is 2.26. The number of nitrogens with zero attached hydrogens (tertiary/aromatic N) is 3. The number of thioether (sulfide) groups is 1. The van der Waals surface area contributed by atoms with Gasteiger partial charge in [0.15, 0.2) is 5.16 Å². The summed E-state index contributed by atoms with van der Waals surface area (Å²) in [4.78, 5) is 26.0. The molecule has 0 bridgehead atoms. The second-order valence-electron chi connectivity index (χ2n) is 6.71. The normalized spacial score (nSPS) is 13.9. The molecule has 7 nitrogen and oxygen atoms in total. The molecule has 0 fully saturated rings. The van der Waals surface area contributed by atoms with Crippen molar-refractivity contribution in [3.63, 3.8) is 0 Å². The van der Waals surface area contributed by atoms with Crippen molar-refractivity contribution in [3.05, 3.63) is 22.3 Å². The lowest BCUT2D eigenvalue weighted by molar-refractivity contribution is -0.113. The van der Waals surface area contributed by atoms with Crippen LogP contribution in [0.1, 0.15) is 60.0 Å². The minimum absolute atomic E-state index is 0.167. The lowest BCUT2D eigenvalue weighted by Crippen LogP contribution is -2.17. The second kappa shape index (κ2) is 8.88. The Kier molecular flexibility index (Phi) is 6.54. The Bertz CT molecular complexity index is 829. The molecule has 0 saturated heterocycles. The summed E-state index contributed by atoms with van der Waals surface area (Å²) in [6, 6.07) is 0.226. The largest absolute Gasteiger partial charge is 0.465 e. The highest BCUT2D eigenvalue weighted by molar-refractivity contribution is 7.99. The van der Waals surface area contributed by atoms with Crippen molar-refractivity contribution in [2.75, 3.05) is 18.2 Å². The van der Waals surface area contributed by atoms with Crippen LogP contribution in [0.3, 0.4) is 0 Å². The summed E-state index contributed by atoms with van der Waals surface area (Å²) in [6.07, 6.45) is 6.81. The molecule has 3 rings (SSSR count). The van der Waals surface area contributed by atoms with Gasteiger partial charge in [-0.05, 0) is 45.1 Å². The monoisotopic (exact) mass is 408 g/mol. The summed E-state index contributed by atoms with van der Waals surface area (Å²) in [5.74, 6) is -0.342. The van der Waals surface area contributed by atoms with Crippen LogP contribution < -0.4 is 5.32 Å². The fraction of sp³-hybridized carbons (Fsp3) is 0.556. The minimum Gasteiger partial charge on any atom is -0.465 e. The van der Waals surface area contributed by atoms with Crippen molar-refractivity contribution in [1.82, 2.24) is 14.8 Å². The van der Waals surface area contributed by atoms with Gasteiger partial charge in [0, 0.05) is 10.9 Å². The SMILES string of the molecule is COC(=O)c1c(NC(=O)CSc2nncn2C(C)C)sc2c1CCCCC2. The van der Waals surface area contributed by atoms with Gasteiger partial charge < -0.3 is 14.6 Å². The molecule has 2 aromatic heterocycles. The molecule has 0 saturated carbocycles. The second-order valence-corrected chi connectivity index (χ2v) is 8.76. The number of esters is 1. The molecule has 0 unspecified atom stereocenters. The predicted molar refractivity (Wildman–Crippen MR) is 107 cm³/mol. The molecule has 0 aliphatic heterocycles. The highest BCUT2D eigenvalue weighted by Crippen LogP contribution is 2.38. The lowest BCUT2D eigenvalue weighted by atomic mass is 10.1. The molecule has 0 radical (unpaired) electrons. The van der Waals surface area contributed by atoms with Crippen molar-refractivity contribution < 1.29 is 14.3 Å². The van der Waals surface area contributed by atoms with Crippen LogP contribution in [-0.2, 0) is 22.4 Å². The fourth-order valence-electron chi connectivity index (χ4n) is 3.13. The maximum Gasteiger partial charge on any atom is 0.341 e. The first kappa shape index (κ1) is 19.9. The number of thiophene rings is 1. The molecule has 0 spiro atoms. The fourth-order valence-corrected chi connectivity index (χ4v) is 5.27. The molecule has 1 aliphatic carbocycles.